The molecular weight excluding hydrogens is 234 g/mol. The predicted octanol–water partition coefficient (Wildman–Crippen LogP) is 2.18. The zero-order valence-corrected chi connectivity index (χ0v) is 10.8. The Balaban J connectivity index is 0.000000325. The summed E-state index contributed by atoms with van der Waals surface area (Å²) in [5, 5.41) is 3.05. The fourth-order valence-electron chi connectivity index (χ4n) is 0.937. The van der Waals surface area contributed by atoms with Gasteiger partial charge in [0.25, 0.3) is 0 Å². The summed E-state index contributed by atoms with van der Waals surface area (Å²) < 4.78 is 20.6. The van der Waals surface area contributed by atoms with E-state index in [0.717, 1.165) is 18.7 Å². The molecule has 1 rings (SSSR count). The molecule has 0 aromatic heterocycles. The highest BCUT2D eigenvalue weighted by Crippen LogP contribution is 2.05. The van der Waals surface area contributed by atoms with Crippen LogP contribution in [0.4, 0.5) is 0 Å². The largest absolute Gasteiger partial charge is 0.768 e. The van der Waals surface area contributed by atoms with Crippen molar-refractivity contribution in [3.8, 4) is 0 Å². The van der Waals surface area contributed by atoms with E-state index in [4.69, 9.17) is 0 Å². The molecule has 4 heteroatoms. The molecule has 0 spiro atoms. The smallest absolute Gasteiger partial charge is 0.0248 e. The summed E-state index contributed by atoms with van der Waals surface area (Å²) in [4.78, 5) is 0.339. The molecule has 0 aliphatic rings. The summed E-state index contributed by atoms with van der Waals surface area (Å²) in [6.45, 7) is 10.7. The van der Waals surface area contributed by atoms with Crippen molar-refractivity contribution in [2.75, 3.05) is 13.1 Å². The molecule has 1 N–H and O–H groups in total. The predicted molar refractivity (Wildman–Crippen MR) is 71.6 cm³/mol. The lowest BCUT2D eigenvalue weighted by Crippen LogP contribution is -2.11. The van der Waals surface area contributed by atoms with E-state index in [1.807, 2.05) is 19.1 Å². The molecule has 3 nitrogen and oxygen atoms in total. The minimum absolute atomic E-state index is 0.339. The minimum atomic E-state index is -2.09. The monoisotopic (exact) mass is 252 g/mol. The second kappa shape index (κ2) is 9.96. The molecule has 0 bridgehead atoms. The lowest BCUT2D eigenvalue weighted by atomic mass is 10.2. The number of nitrogens with one attached hydrogen (secondary N) is 1. The Kier molecular flexibility index (Phi) is 9.24. The van der Waals surface area contributed by atoms with Gasteiger partial charge in [0.2, 0.25) is 0 Å². The summed E-state index contributed by atoms with van der Waals surface area (Å²) in [5.74, 6) is 0. The zero-order valence-electron chi connectivity index (χ0n) is 10.0. The first-order valence-corrected chi connectivity index (χ1v) is 6.27. The van der Waals surface area contributed by atoms with Crippen molar-refractivity contribution in [1.29, 1.82) is 0 Å². The first kappa shape index (κ1) is 15.8. The van der Waals surface area contributed by atoms with Crippen LogP contribution in [0.1, 0.15) is 5.56 Å². The highest BCUT2D eigenvalue weighted by atomic mass is 32.2. The standard InChI is InChI=1S/C7H8O2S.C6H11N/c1-6-2-4-7(5-3-6)10(8)9;1-3-5-7-6-4-2/h2-5H,1H3,(H,8,9);3-4,7H,1-2,5-6H2/p-1. The average molecular weight is 252 g/mol. The Morgan fingerprint density at radius 2 is 1.71 bits per heavy atom. The number of hydrogen-bond acceptors (Lipinski definition) is 3. The van der Waals surface area contributed by atoms with Gasteiger partial charge in [-0.25, -0.2) is 0 Å². The molecule has 0 amide bonds. The molecule has 0 fully saturated rings. The van der Waals surface area contributed by atoms with Gasteiger partial charge >= 0.3 is 0 Å². The quantitative estimate of drug-likeness (QED) is 0.496. The van der Waals surface area contributed by atoms with E-state index in [9.17, 15) is 8.76 Å². The molecule has 0 radical (unpaired) electrons. The van der Waals surface area contributed by atoms with Crippen molar-refractivity contribution in [1.82, 2.24) is 5.32 Å². The van der Waals surface area contributed by atoms with Crippen molar-refractivity contribution in [3.05, 3.63) is 55.1 Å². The third-order valence-corrected chi connectivity index (χ3v) is 2.45. The SMILES string of the molecule is C=CCNCC=C.Cc1ccc(S(=O)[O-])cc1. The van der Waals surface area contributed by atoms with E-state index < -0.39 is 11.1 Å². The molecule has 94 valence electrons. The van der Waals surface area contributed by atoms with Crippen LogP contribution >= 0.6 is 0 Å². The highest BCUT2D eigenvalue weighted by molar-refractivity contribution is 7.79. The number of hydrogen-bond donors (Lipinski definition) is 1. The van der Waals surface area contributed by atoms with Gasteiger partial charge in [-0.05, 0) is 30.1 Å². The Hall–Kier alpha value is -1.23. The van der Waals surface area contributed by atoms with Gasteiger partial charge in [0.05, 0.1) is 0 Å². The van der Waals surface area contributed by atoms with E-state index in [0.29, 0.717) is 4.90 Å². The molecular formula is C13H18NO2S-. The van der Waals surface area contributed by atoms with Crippen LogP contribution in [0.25, 0.3) is 0 Å². The summed E-state index contributed by atoms with van der Waals surface area (Å²) in [6, 6.07) is 6.70. The van der Waals surface area contributed by atoms with Gasteiger partial charge < -0.3 is 9.87 Å². The van der Waals surface area contributed by atoms with Gasteiger partial charge in [0, 0.05) is 18.0 Å². The Bertz CT molecular complexity index is 352. The van der Waals surface area contributed by atoms with Gasteiger partial charge in [0.15, 0.2) is 0 Å². The van der Waals surface area contributed by atoms with Crippen LogP contribution in [-0.4, -0.2) is 21.9 Å². The molecule has 1 atom stereocenters. The normalized spacial score (nSPS) is 10.9. The van der Waals surface area contributed by atoms with Crippen molar-refractivity contribution < 1.29 is 8.76 Å². The summed E-state index contributed by atoms with van der Waals surface area (Å²) in [6.07, 6.45) is 3.65. The highest BCUT2D eigenvalue weighted by Gasteiger charge is 1.88. The molecule has 0 aliphatic carbocycles. The maximum absolute atomic E-state index is 10.3. The van der Waals surface area contributed by atoms with Gasteiger partial charge in [-0.2, -0.15) is 0 Å². The van der Waals surface area contributed by atoms with Crippen LogP contribution in [-0.2, 0) is 11.1 Å². The topological polar surface area (TPSA) is 52.2 Å². The van der Waals surface area contributed by atoms with E-state index in [-0.39, 0.29) is 0 Å². The molecule has 0 aliphatic heterocycles. The zero-order chi connectivity index (χ0) is 13.1. The molecule has 1 unspecified atom stereocenters. The van der Waals surface area contributed by atoms with Crippen LogP contribution in [0.2, 0.25) is 0 Å². The fourth-order valence-corrected chi connectivity index (χ4v) is 1.30. The van der Waals surface area contributed by atoms with E-state index in [1.165, 1.54) is 0 Å². The van der Waals surface area contributed by atoms with Crippen LogP contribution in [0.15, 0.2) is 54.5 Å². The number of benzene rings is 1. The summed E-state index contributed by atoms with van der Waals surface area (Å²) in [5.41, 5.74) is 1.06. The molecule has 1 aromatic carbocycles. The fraction of sp³-hybridized carbons (Fsp3) is 0.231. The first-order valence-electron chi connectivity index (χ1n) is 5.20. The molecule has 17 heavy (non-hydrogen) atoms. The van der Waals surface area contributed by atoms with Crippen LogP contribution in [0, 0.1) is 6.92 Å². The van der Waals surface area contributed by atoms with Crippen LogP contribution < -0.4 is 5.32 Å². The molecule has 0 saturated heterocycles. The maximum atomic E-state index is 10.3. The van der Waals surface area contributed by atoms with Crippen molar-refractivity contribution >= 4 is 11.1 Å². The minimum Gasteiger partial charge on any atom is -0.768 e. The summed E-state index contributed by atoms with van der Waals surface area (Å²) in [7, 11) is 0. The van der Waals surface area contributed by atoms with Crippen molar-refractivity contribution in [3.63, 3.8) is 0 Å². The lowest BCUT2D eigenvalue weighted by Gasteiger charge is -2.03. The average Bonchev–Trinajstić information content (AvgIpc) is 2.31. The van der Waals surface area contributed by atoms with E-state index in [2.05, 4.69) is 18.5 Å². The summed E-state index contributed by atoms with van der Waals surface area (Å²) >= 11 is -2.09. The first-order chi connectivity index (χ1) is 8.11. The Morgan fingerprint density at radius 1 is 1.24 bits per heavy atom. The Labute approximate surface area is 106 Å². The maximum Gasteiger partial charge on any atom is 0.0248 e. The third kappa shape index (κ3) is 8.56. The van der Waals surface area contributed by atoms with E-state index >= 15 is 0 Å². The van der Waals surface area contributed by atoms with Crippen molar-refractivity contribution in [2.24, 2.45) is 0 Å². The van der Waals surface area contributed by atoms with Gasteiger partial charge in [-0.15, -0.1) is 13.2 Å². The van der Waals surface area contributed by atoms with Crippen LogP contribution in [0.5, 0.6) is 0 Å². The molecule has 0 saturated carbocycles. The Morgan fingerprint density at radius 3 is 2.06 bits per heavy atom. The third-order valence-electron chi connectivity index (χ3n) is 1.79. The second-order valence-electron chi connectivity index (χ2n) is 3.28. The van der Waals surface area contributed by atoms with Crippen molar-refractivity contribution in [2.45, 2.75) is 11.8 Å². The molecule has 1 aromatic rings. The van der Waals surface area contributed by atoms with E-state index in [1.54, 1.807) is 24.3 Å². The second-order valence-corrected chi connectivity index (χ2v) is 4.22. The lowest BCUT2D eigenvalue weighted by molar-refractivity contribution is 0.537. The number of aryl methyl sites for hydroxylation is 1. The molecule has 0 heterocycles. The van der Waals surface area contributed by atoms with Crippen LogP contribution in [0.3, 0.4) is 0 Å². The number of rotatable bonds is 5. The van der Waals surface area contributed by atoms with Gasteiger partial charge in [0.1, 0.15) is 0 Å². The van der Waals surface area contributed by atoms with Gasteiger partial charge in [-0.3, -0.25) is 4.21 Å². The van der Waals surface area contributed by atoms with Gasteiger partial charge in [-0.1, -0.05) is 29.8 Å².